The Morgan fingerprint density at radius 1 is 1.08 bits per heavy atom. The molecule has 0 radical (unpaired) electrons. The van der Waals surface area contributed by atoms with Crippen molar-refractivity contribution in [3.8, 4) is 11.1 Å². The fraction of sp³-hybridized carbons (Fsp3) is 0.200. The molecule has 0 bridgehead atoms. The molecule has 0 aliphatic heterocycles. The molecule has 0 atom stereocenters. The van der Waals surface area contributed by atoms with Gasteiger partial charge in [0, 0.05) is 16.4 Å². The summed E-state index contributed by atoms with van der Waals surface area (Å²) in [5, 5.41) is 0.782. The molecule has 0 aliphatic rings. The van der Waals surface area contributed by atoms with Gasteiger partial charge in [-0.05, 0) is 41.5 Å². The molecule has 24 heavy (non-hydrogen) atoms. The predicted octanol–water partition coefficient (Wildman–Crippen LogP) is 4.85. The van der Waals surface area contributed by atoms with Crippen LogP contribution in [0.15, 0.2) is 48.5 Å². The standard InChI is InChI=1S/C20H19FN2O/c1-20(2,3)19(24)16-8-7-14(12-5-4-6-13(21)11-12)15-9-10-17(22)23-18(15)16/h4-11H,1-3H3,(H2,22,23). The zero-order valence-electron chi connectivity index (χ0n) is 13.9. The van der Waals surface area contributed by atoms with Gasteiger partial charge in [0.15, 0.2) is 5.78 Å². The number of aromatic nitrogens is 1. The van der Waals surface area contributed by atoms with Crippen molar-refractivity contribution in [1.29, 1.82) is 0 Å². The lowest BCUT2D eigenvalue weighted by atomic mass is 9.84. The summed E-state index contributed by atoms with van der Waals surface area (Å²) in [5.41, 5.74) is 7.95. The SMILES string of the molecule is CC(C)(C)C(=O)c1ccc(-c2cccc(F)c2)c2ccc(N)nc12. The molecule has 3 nitrogen and oxygen atoms in total. The third-order valence-corrected chi connectivity index (χ3v) is 3.94. The van der Waals surface area contributed by atoms with Crippen LogP contribution >= 0.6 is 0 Å². The molecule has 0 amide bonds. The van der Waals surface area contributed by atoms with E-state index in [4.69, 9.17) is 5.73 Å². The van der Waals surface area contributed by atoms with Gasteiger partial charge in [-0.15, -0.1) is 0 Å². The molecule has 0 spiro atoms. The number of anilines is 1. The van der Waals surface area contributed by atoms with Gasteiger partial charge in [0.2, 0.25) is 0 Å². The van der Waals surface area contributed by atoms with E-state index in [9.17, 15) is 9.18 Å². The third kappa shape index (κ3) is 2.87. The Morgan fingerprint density at radius 3 is 2.50 bits per heavy atom. The highest BCUT2D eigenvalue weighted by atomic mass is 19.1. The number of nitrogens with two attached hydrogens (primary N) is 1. The number of halogens is 1. The average molecular weight is 322 g/mol. The van der Waals surface area contributed by atoms with Gasteiger partial charge in [-0.2, -0.15) is 0 Å². The summed E-state index contributed by atoms with van der Waals surface area (Å²) in [7, 11) is 0. The van der Waals surface area contributed by atoms with Crippen LogP contribution in [0.25, 0.3) is 22.0 Å². The maximum atomic E-state index is 13.6. The van der Waals surface area contributed by atoms with Crippen LogP contribution in [0.5, 0.6) is 0 Å². The van der Waals surface area contributed by atoms with E-state index < -0.39 is 5.41 Å². The molecule has 0 saturated heterocycles. The Bertz CT molecular complexity index is 942. The van der Waals surface area contributed by atoms with Crippen LogP contribution in [0.1, 0.15) is 31.1 Å². The fourth-order valence-corrected chi connectivity index (χ4v) is 2.73. The Hall–Kier alpha value is -2.75. The smallest absolute Gasteiger partial charge is 0.170 e. The lowest BCUT2D eigenvalue weighted by molar-refractivity contribution is 0.0860. The van der Waals surface area contributed by atoms with Crippen LogP contribution in [-0.2, 0) is 0 Å². The number of benzene rings is 2. The number of fused-ring (bicyclic) bond motifs is 1. The van der Waals surface area contributed by atoms with E-state index in [0.29, 0.717) is 16.9 Å². The van der Waals surface area contributed by atoms with E-state index in [-0.39, 0.29) is 11.6 Å². The summed E-state index contributed by atoms with van der Waals surface area (Å²) in [4.78, 5) is 17.1. The number of pyridine rings is 1. The quantitative estimate of drug-likeness (QED) is 0.686. The van der Waals surface area contributed by atoms with Gasteiger partial charge in [0.25, 0.3) is 0 Å². The lowest BCUT2D eigenvalue weighted by Crippen LogP contribution is -2.20. The normalized spacial score (nSPS) is 11.7. The first-order valence-electron chi connectivity index (χ1n) is 7.77. The van der Waals surface area contributed by atoms with Crippen LogP contribution in [0, 0.1) is 11.2 Å². The number of nitrogen functional groups attached to an aromatic ring is 1. The first-order chi connectivity index (χ1) is 11.3. The van der Waals surface area contributed by atoms with E-state index in [1.807, 2.05) is 39.0 Å². The van der Waals surface area contributed by atoms with Gasteiger partial charge < -0.3 is 5.73 Å². The molecule has 4 heteroatoms. The number of carbonyl (C=O) groups is 1. The minimum Gasteiger partial charge on any atom is -0.384 e. The highest BCUT2D eigenvalue weighted by Crippen LogP contribution is 2.33. The first-order valence-corrected chi connectivity index (χ1v) is 7.77. The Balaban J connectivity index is 2.31. The van der Waals surface area contributed by atoms with E-state index in [1.165, 1.54) is 12.1 Å². The minimum atomic E-state index is -0.528. The fourth-order valence-electron chi connectivity index (χ4n) is 2.73. The average Bonchev–Trinajstić information content (AvgIpc) is 2.52. The van der Waals surface area contributed by atoms with Gasteiger partial charge in [-0.3, -0.25) is 4.79 Å². The minimum absolute atomic E-state index is 0.00334. The van der Waals surface area contributed by atoms with Gasteiger partial charge >= 0.3 is 0 Å². The number of rotatable bonds is 2. The molecule has 122 valence electrons. The topological polar surface area (TPSA) is 56.0 Å². The number of Topliss-reactive ketones (excluding diaryl/α,β-unsaturated/α-hetero) is 1. The molecule has 1 heterocycles. The maximum Gasteiger partial charge on any atom is 0.170 e. The van der Waals surface area contributed by atoms with Crippen LogP contribution in [0.2, 0.25) is 0 Å². The van der Waals surface area contributed by atoms with Crippen molar-refractivity contribution in [2.75, 3.05) is 5.73 Å². The molecule has 0 unspecified atom stereocenters. The maximum absolute atomic E-state index is 13.6. The summed E-state index contributed by atoms with van der Waals surface area (Å²) in [6.07, 6.45) is 0. The number of hydrogen-bond acceptors (Lipinski definition) is 3. The molecule has 2 N–H and O–H groups in total. The Kier molecular flexibility index (Phi) is 3.84. The molecule has 0 fully saturated rings. The molecule has 0 aliphatic carbocycles. The van der Waals surface area contributed by atoms with Crippen LogP contribution in [0.3, 0.4) is 0 Å². The van der Waals surface area contributed by atoms with E-state index in [1.54, 1.807) is 18.2 Å². The number of hydrogen-bond donors (Lipinski definition) is 1. The predicted molar refractivity (Wildman–Crippen MR) is 95.3 cm³/mol. The summed E-state index contributed by atoms with van der Waals surface area (Å²) < 4.78 is 13.6. The van der Waals surface area contributed by atoms with Crippen molar-refractivity contribution in [2.24, 2.45) is 5.41 Å². The van der Waals surface area contributed by atoms with E-state index in [0.717, 1.165) is 16.5 Å². The number of nitrogens with zero attached hydrogens (tertiary/aromatic N) is 1. The highest BCUT2D eigenvalue weighted by Gasteiger charge is 2.25. The molecular weight excluding hydrogens is 303 g/mol. The first kappa shape index (κ1) is 16.1. The summed E-state index contributed by atoms with van der Waals surface area (Å²) in [6, 6.07) is 13.5. The molecule has 1 aromatic heterocycles. The second-order valence-corrected chi connectivity index (χ2v) is 6.88. The Labute approximate surface area is 140 Å². The van der Waals surface area contributed by atoms with Gasteiger partial charge in [-0.1, -0.05) is 39.0 Å². The largest absolute Gasteiger partial charge is 0.384 e. The van der Waals surface area contributed by atoms with Gasteiger partial charge in [0.05, 0.1) is 5.52 Å². The van der Waals surface area contributed by atoms with Crippen LogP contribution in [-0.4, -0.2) is 10.8 Å². The zero-order valence-corrected chi connectivity index (χ0v) is 13.9. The number of ketones is 1. The third-order valence-electron chi connectivity index (χ3n) is 3.94. The van der Waals surface area contributed by atoms with Crippen molar-refractivity contribution >= 4 is 22.5 Å². The highest BCUT2D eigenvalue weighted by molar-refractivity contribution is 6.12. The summed E-state index contributed by atoms with van der Waals surface area (Å²) in [5.74, 6) is 0.0390. The van der Waals surface area contributed by atoms with Gasteiger partial charge in [-0.25, -0.2) is 9.37 Å². The van der Waals surface area contributed by atoms with Crippen LogP contribution in [0.4, 0.5) is 10.2 Å². The van der Waals surface area contributed by atoms with Gasteiger partial charge in [0.1, 0.15) is 11.6 Å². The molecule has 2 aromatic carbocycles. The monoisotopic (exact) mass is 322 g/mol. The lowest BCUT2D eigenvalue weighted by Gasteiger charge is -2.19. The van der Waals surface area contributed by atoms with E-state index >= 15 is 0 Å². The Morgan fingerprint density at radius 2 is 1.83 bits per heavy atom. The zero-order chi connectivity index (χ0) is 17.5. The molecule has 0 saturated carbocycles. The summed E-state index contributed by atoms with van der Waals surface area (Å²) in [6.45, 7) is 5.61. The molecule has 3 aromatic rings. The van der Waals surface area contributed by atoms with Crippen molar-refractivity contribution in [1.82, 2.24) is 4.98 Å². The van der Waals surface area contributed by atoms with Crippen molar-refractivity contribution < 1.29 is 9.18 Å². The van der Waals surface area contributed by atoms with E-state index in [2.05, 4.69) is 4.98 Å². The summed E-state index contributed by atoms with van der Waals surface area (Å²) >= 11 is 0. The second-order valence-electron chi connectivity index (χ2n) is 6.88. The van der Waals surface area contributed by atoms with Crippen molar-refractivity contribution in [3.05, 3.63) is 59.9 Å². The van der Waals surface area contributed by atoms with Crippen LogP contribution < -0.4 is 5.73 Å². The van der Waals surface area contributed by atoms with Crippen molar-refractivity contribution in [2.45, 2.75) is 20.8 Å². The number of carbonyl (C=O) groups excluding carboxylic acids is 1. The molecular formula is C20H19FN2O. The van der Waals surface area contributed by atoms with Crippen molar-refractivity contribution in [3.63, 3.8) is 0 Å². The second kappa shape index (κ2) is 5.71. The molecule has 3 rings (SSSR count).